The number of rotatable bonds is 7. The van der Waals surface area contributed by atoms with Crippen molar-refractivity contribution in [2.45, 2.75) is 30.2 Å². The van der Waals surface area contributed by atoms with Gasteiger partial charge in [0.1, 0.15) is 11.3 Å². The molecule has 0 amide bonds. The van der Waals surface area contributed by atoms with Crippen LogP contribution in [-0.4, -0.2) is 31.0 Å². The van der Waals surface area contributed by atoms with E-state index in [9.17, 15) is 4.79 Å². The Kier molecular flexibility index (Phi) is 4.94. The van der Waals surface area contributed by atoms with Crippen LogP contribution in [0.15, 0.2) is 29.2 Å². The molecule has 0 spiro atoms. The zero-order valence-electron chi connectivity index (χ0n) is 11.9. The molecule has 1 atom stereocenters. The molecule has 1 aromatic carbocycles. The van der Waals surface area contributed by atoms with Gasteiger partial charge in [-0.3, -0.25) is 4.79 Å². The van der Waals surface area contributed by atoms with Gasteiger partial charge in [-0.05, 0) is 49.9 Å². The average Bonchev–Trinajstić information content (AvgIpc) is 3.30. The Hall–Kier alpha value is -1.20. The number of nitrogens with two attached hydrogens (primary N) is 1. The van der Waals surface area contributed by atoms with Gasteiger partial charge in [-0.2, -0.15) is 0 Å². The van der Waals surface area contributed by atoms with E-state index in [0.717, 1.165) is 23.5 Å². The molecule has 1 saturated carbocycles. The maximum absolute atomic E-state index is 12.1. The van der Waals surface area contributed by atoms with Crippen molar-refractivity contribution in [1.82, 2.24) is 0 Å². The van der Waals surface area contributed by atoms with E-state index in [2.05, 4.69) is 0 Å². The second-order valence-electron chi connectivity index (χ2n) is 5.00. The summed E-state index contributed by atoms with van der Waals surface area (Å²) in [5.74, 6) is 1.35. The maximum Gasteiger partial charge on any atom is 0.327 e. The lowest BCUT2D eigenvalue weighted by molar-refractivity contribution is -0.149. The van der Waals surface area contributed by atoms with Crippen molar-refractivity contribution < 1.29 is 14.3 Å². The zero-order chi connectivity index (χ0) is 14.6. The minimum Gasteiger partial charge on any atom is -0.497 e. The highest BCUT2D eigenvalue weighted by atomic mass is 32.2. The predicted molar refractivity (Wildman–Crippen MR) is 80.0 cm³/mol. The molecule has 4 nitrogen and oxygen atoms in total. The number of carbonyl (C=O) groups excluding carboxylic acids is 1. The fourth-order valence-corrected chi connectivity index (χ4v) is 3.17. The third-order valence-electron chi connectivity index (χ3n) is 3.50. The van der Waals surface area contributed by atoms with Crippen molar-refractivity contribution in [2.75, 3.05) is 19.5 Å². The van der Waals surface area contributed by atoms with Crippen LogP contribution in [-0.2, 0) is 9.53 Å². The van der Waals surface area contributed by atoms with Gasteiger partial charge in [0.2, 0.25) is 0 Å². The fourth-order valence-electron chi connectivity index (χ4n) is 2.08. The average molecular weight is 295 g/mol. The highest BCUT2D eigenvalue weighted by Gasteiger charge is 2.49. The topological polar surface area (TPSA) is 61.5 Å². The Bertz CT molecular complexity index is 459. The summed E-state index contributed by atoms with van der Waals surface area (Å²) in [6.45, 7) is 2.18. The molecule has 1 fully saturated rings. The Balaban J connectivity index is 1.99. The first kappa shape index (κ1) is 15.2. The quantitative estimate of drug-likeness (QED) is 0.618. The molecule has 1 unspecified atom stereocenters. The normalized spacial score (nSPS) is 17.4. The van der Waals surface area contributed by atoms with Crippen molar-refractivity contribution in [1.29, 1.82) is 0 Å². The highest BCUT2D eigenvalue weighted by molar-refractivity contribution is 7.99. The van der Waals surface area contributed by atoms with Crippen LogP contribution in [0.4, 0.5) is 0 Å². The third-order valence-corrected chi connectivity index (χ3v) is 4.73. The number of methoxy groups -OCH3 is 1. The van der Waals surface area contributed by atoms with Crippen molar-refractivity contribution in [3.05, 3.63) is 24.3 Å². The minimum absolute atomic E-state index is 0.257. The van der Waals surface area contributed by atoms with Crippen LogP contribution in [0.3, 0.4) is 0 Å². The summed E-state index contributed by atoms with van der Waals surface area (Å²) >= 11 is 1.59. The third kappa shape index (κ3) is 3.46. The number of hydrogen-bond donors (Lipinski definition) is 1. The summed E-state index contributed by atoms with van der Waals surface area (Å²) in [7, 11) is 1.64. The first-order chi connectivity index (χ1) is 9.60. The standard InChI is InChI=1S/C15H21NO3S/c1-3-19-14(17)15(16,11-4-5-11)10-20-13-8-6-12(18-2)7-9-13/h6-9,11H,3-5,10,16H2,1-2H3. The van der Waals surface area contributed by atoms with Gasteiger partial charge < -0.3 is 15.2 Å². The Morgan fingerprint density at radius 3 is 2.55 bits per heavy atom. The van der Waals surface area contributed by atoms with Crippen LogP contribution in [0.2, 0.25) is 0 Å². The Morgan fingerprint density at radius 2 is 2.05 bits per heavy atom. The summed E-state index contributed by atoms with van der Waals surface area (Å²) in [5, 5.41) is 0. The van der Waals surface area contributed by atoms with Gasteiger partial charge in [-0.25, -0.2) is 0 Å². The lowest BCUT2D eigenvalue weighted by Crippen LogP contribution is -2.53. The second-order valence-corrected chi connectivity index (χ2v) is 6.05. The van der Waals surface area contributed by atoms with Crippen molar-refractivity contribution in [3.63, 3.8) is 0 Å². The summed E-state index contributed by atoms with van der Waals surface area (Å²) in [5.41, 5.74) is 5.46. The molecule has 1 aliphatic rings. The van der Waals surface area contributed by atoms with Gasteiger partial charge in [0, 0.05) is 10.6 Å². The van der Waals surface area contributed by atoms with Crippen molar-refractivity contribution in [2.24, 2.45) is 11.7 Å². The molecule has 110 valence electrons. The van der Waals surface area contributed by atoms with E-state index in [0.29, 0.717) is 12.4 Å². The number of thioether (sulfide) groups is 1. The number of ether oxygens (including phenoxy) is 2. The van der Waals surface area contributed by atoms with Gasteiger partial charge in [-0.1, -0.05) is 0 Å². The number of carbonyl (C=O) groups is 1. The molecule has 2 N–H and O–H groups in total. The Morgan fingerprint density at radius 1 is 1.40 bits per heavy atom. The maximum atomic E-state index is 12.1. The van der Waals surface area contributed by atoms with E-state index >= 15 is 0 Å². The summed E-state index contributed by atoms with van der Waals surface area (Å²) < 4.78 is 10.3. The van der Waals surface area contributed by atoms with Crippen molar-refractivity contribution >= 4 is 17.7 Å². The largest absolute Gasteiger partial charge is 0.497 e. The smallest absolute Gasteiger partial charge is 0.327 e. The van der Waals surface area contributed by atoms with Crippen LogP contribution in [0.25, 0.3) is 0 Å². The van der Waals surface area contributed by atoms with Gasteiger partial charge in [0.05, 0.1) is 13.7 Å². The molecule has 1 aliphatic carbocycles. The molecule has 0 aliphatic heterocycles. The molecule has 20 heavy (non-hydrogen) atoms. The lowest BCUT2D eigenvalue weighted by atomic mass is 9.97. The first-order valence-corrected chi connectivity index (χ1v) is 7.81. The van der Waals surface area contributed by atoms with Crippen LogP contribution < -0.4 is 10.5 Å². The molecule has 2 rings (SSSR count). The van der Waals surface area contributed by atoms with Crippen LogP contribution in [0, 0.1) is 5.92 Å². The number of benzene rings is 1. The second kappa shape index (κ2) is 6.50. The molecule has 0 aromatic heterocycles. The SMILES string of the molecule is CCOC(=O)C(N)(CSc1ccc(OC)cc1)C1CC1. The van der Waals surface area contributed by atoms with Gasteiger partial charge in [0.25, 0.3) is 0 Å². The van der Waals surface area contributed by atoms with Crippen LogP contribution in [0.5, 0.6) is 5.75 Å². The van der Waals surface area contributed by atoms with E-state index in [4.69, 9.17) is 15.2 Å². The molecule has 5 heteroatoms. The van der Waals surface area contributed by atoms with E-state index in [1.165, 1.54) is 0 Å². The van der Waals surface area contributed by atoms with E-state index < -0.39 is 5.54 Å². The molecular weight excluding hydrogens is 274 g/mol. The molecule has 0 bridgehead atoms. The van der Waals surface area contributed by atoms with E-state index in [-0.39, 0.29) is 11.9 Å². The molecular formula is C15H21NO3S. The van der Waals surface area contributed by atoms with Gasteiger partial charge in [0.15, 0.2) is 0 Å². The van der Waals surface area contributed by atoms with E-state index in [1.807, 2.05) is 31.2 Å². The predicted octanol–water partition coefficient (Wildman–Crippen LogP) is 2.46. The van der Waals surface area contributed by atoms with Crippen LogP contribution in [0.1, 0.15) is 19.8 Å². The molecule has 1 aromatic rings. The summed E-state index contributed by atoms with van der Waals surface area (Å²) in [6, 6.07) is 7.76. The van der Waals surface area contributed by atoms with Crippen LogP contribution >= 0.6 is 11.8 Å². The first-order valence-electron chi connectivity index (χ1n) is 6.83. The monoisotopic (exact) mass is 295 g/mol. The minimum atomic E-state index is -0.861. The zero-order valence-corrected chi connectivity index (χ0v) is 12.7. The lowest BCUT2D eigenvalue weighted by Gasteiger charge is -2.26. The van der Waals surface area contributed by atoms with Gasteiger partial charge in [-0.15, -0.1) is 11.8 Å². The van der Waals surface area contributed by atoms with E-state index in [1.54, 1.807) is 18.9 Å². The van der Waals surface area contributed by atoms with Crippen molar-refractivity contribution in [3.8, 4) is 5.75 Å². The highest BCUT2D eigenvalue weighted by Crippen LogP contribution is 2.41. The Labute approximate surface area is 124 Å². The molecule has 0 saturated heterocycles. The molecule has 0 heterocycles. The van der Waals surface area contributed by atoms with Gasteiger partial charge >= 0.3 is 5.97 Å². The summed E-state index contributed by atoms with van der Waals surface area (Å²) in [6.07, 6.45) is 2.02. The fraction of sp³-hybridized carbons (Fsp3) is 0.533. The number of esters is 1. The number of hydrogen-bond acceptors (Lipinski definition) is 5. The summed E-state index contributed by atoms with van der Waals surface area (Å²) in [4.78, 5) is 13.2. The molecule has 0 radical (unpaired) electrons.